The van der Waals surface area contributed by atoms with Crippen molar-refractivity contribution in [1.29, 1.82) is 0 Å². The molecule has 1 aromatic carbocycles. The van der Waals surface area contributed by atoms with Gasteiger partial charge in [-0.2, -0.15) is 0 Å². The Morgan fingerprint density at radius 1 is 1.46 bits per heavy atom. The number of aliphatic carboxylic acids is 1. The predicted octanol–water partition coefficient (Wildman–Crippen LogP) is 3.33. The molecule has 126 valence electrons. The van der Waals surface area contributed by atoms with Gasteiger partial charge in [-0.25, -0.2) is 0 Å². The average molecular weight is 427 g/mol. The third-order valence-corrected chi connectivity index (χ3v) is 5.83. The lowest BCUT2D eigenvalue weighted by molar-refractivity contribution is -0.135. The molecule has 1 N–H and O–H groups in total. The number of thioether (sulfide) groups is 1. The molecule has 2 heterocycles. The molecule has 24 heavy (non-hydrogen) atoms. The molecule has 0 unspecified atom stereocenters. The summed E-state index contributed by atoms with van der Waals surface area (Å²) in [7, 11) is 0. The van der Waals surface area contributed by atoms with E-state index in [-0.39, 0.29) is 18.5 Å². The molecule has 1 amide bonds. The van der Waals surface area contributed by atoms with Crippen molar-refractivity contribution in [2.24, 2.45) is 0 Å². The van der Waals surface area contributed by atoms with Crippen LogP contribution in [-0.4, -0.2) is 45.3 Å². The van der Waals surface area contributed by atoms with E-state index in [1.54, 1.807) is 9.80 Å². The monoisotopic (exact) mass is 426 g/mol. The largest absolute Gasteiger partial charge is 0.480 e. The highest BCUT2D eigenvalue weighted by Gasteiger charge is 2.39. The van der Waals surface area contributed by atoms with Crippen molar-refractivity contribution in [2.45, 2.75) is 19.9 Å². The molecular weight excluding hydrogens is 412 g/mol. The molecule has 0 aromatic heterocycles. The third kappa shape index (κ3) is 2.98. The Balaban J connectivity index is 2.10. The maximum absolute atomic E-state index is 12.8. The van der Waals surface area contributed by atoms with Crippen LogP contribution in [-0.2, 0) is 9.59 Å². The molecule has 8 heteroatoms. The van der Waals surface area contributed by atoms with Crippen molar-refractivity contribution in [3.63, 3.8) is 0 Å². The minimum Gasteiger partial charge on any atom is -0.480 e. The highest BCUT2D eigenvalue weighted by atomic mass is 79.9. The van der Waals surface area contributed by atoms with Gasteiger partial charge in [0.25, 0.3) is 5.91 Å². The van der Waals surface area contributed by atoms with E-state index in [2.05, 4.69) is 15.9 Å². The highest BCUT2D eigenvalue weighted by molar-refractivity contribution is 9.10. The lowest BCUT2D eigenvalue weighted by atomic mass is 10.1. The molecule has 0 saturated carbocycles. The van der Waals surface area contributed by atoms with Crippen LogP contribution in [0.15, 0.2) is 27.6 Å². The van der Waals surface area contributed by atoms with Crippen molar-refractivity contribution in [2.75, 3.05) is 18.0 Å². The number of halogens is 1. The van der Waals surface area contributed by atoms with E-state index in [0.717, 1.165) is 21.3 Å². The number of fused-ring (bicyclic) bond motifs is 1. The first-order valence-corrected chi connectivity index (χ1v) is 9.36. The molecule has 0 bridgehead atoms. The molecule has 1 aromatic rings. The summed E-state index contributed by atoms with van der Waals surface area (Å²) in [6.45, 7) is 4.13. The minimum atomic E-state index is -0.903. The molecule has 0 radical (unpaired) electrons. The van der Waals surface area contributed by atoms with Gasteiger partial charge in [-0.15, -0.1) is 0 Å². The van der Waals surface area contributed by atoms with Crippen LogP contribution in [0.4, 0.5) is 5.69 Å². The molecule has 0 spiro atoms. The highest BCUT2D eigenvalue weighted by Crippen LogP contribution is 2.44. The lowest BCUT2D eigenvalue weighted by Gasteiger charge is -2.18. The smallest absolute Gasteiger partial charge is 0.323 e. The summed E-state index contributed by atoms with van der Waals surface area (Å²) in [5.74, 6) is -1.00. The van der Waals surface area contributed by atoms with Crippen LogP contribution >= 0.6 is 39.9 Å². The molecule has 0 atom stereocenters. The second-order valence-electron chi connectivity index (χ2n) is 5.86. The quantitative estimate of drug-likeness (QED) is 0.590. The zero-order valence-electron chi connectivity index (χ0n) is 13.1. The molecule has 2 aliphatic heterocycles. The van der Waals surface area contributed by atoms with Crippen LogP contribution in [0.3, 0.4) is 0 Å². The van der Waals surface area contributed by atoms with Gasteiger partial charge in [-0.05, 0) is 32.0 Å². The first-order valence-electron chi connectivity index (χ1n) is 7.34. The Bertz CT molecular complexity index is 792. The number of anilines is 1. The van der Waals surface area contributed by atoms with Crippen molar-refractivity contribution in [3.8, 4) is 0 Å². The van der Waals surface area contributed by atoms with Crippen LogP contribution in [0.25, 0.3) is 5.57 Å². The zero-order chi connectivity index (χ0) is 17.6. The van der Waals surface area contributed by atoms with Gasteiger partial charge in [0.1, 0.15) is 10.9 Å². The number of nitrogens with zero attached hydrogens (tertiary/aromatic N) is 2. The lowest BCUT2D eigenvalue weighted by Crippen LogP contribution is -2.34. The summed E-state index contributed by atoms with van der Waals surface area (Å²) >= 11 is 10.1. The fourth-order valence-electron chi connectivity index (χ4n) is 2.89. The zero-order valence-corrected chi connectivity index (χ0v) is 16.3. The van der Waals surface area contributed by atoms with E-state index in [1.807, 2.05) is 32.0 Å². The fourth-order valence-corrected chi connectivity index (χ4v) is 4.85. The van der Waals surface area contributed by atoms with Crippen LogP contribution in [0.2, 0.25) is 0 Å². The number of benzene rings is 1. The minimum absolute atomic E-state index is 0.00546. The summed E-state index contributed by atoms with van der Waals surface area (Å²) in [6, 6.07) is 5.66. The fraction of sp³-hybridized carbons (Fsp3) is 0.312. The molecule has 5 nitrogen and oxygen atoms in total. The van der Waals surface area contributed by atoms with E-state index in [0.29, 0.717) is 15.8 Å². The van der Waals surface area contributed by atoms with Gasteiger partial charge in [-0.1, -0.05) is 39.9 Å². The number of carbonyl (C=O) groups is 2. The average Bonchev–Trinajstić information content (AvgIpc) is 2.95. The number of amides is 1. The molecule has 3 rings (SSSR count). The Morgan fingerprint density at radius 3 is 2.75 bits per heavy atom. The Labute approximate surface area is 157 Å². The Hall–Kier alpha value is -1.38. The number of hydrogen-bond donors (Lipinski definition) is 1. The van der Waals surface area contributed by atoms with Gasteiger partial charge in [0, 0.05) is 33.9 Å². The van der Waals surface area contributed by atoms with Crippen molar-refractivity contribution in [1.82, 2.24) is 4.90 Å². The van der Waals surface area contributed by atoms with Crippen molar-refractivity contribution >= 4 is 67.4 Å². The van der Waals surface area contributed by atoms with E-state index >= 15 is 0 Å². The van der Waals surface area contributed by atoms with Gasteiger partial charge < -0.3 is 10.0 Å². The summed E-state index contributed by atoms with van der Waals surface area (Å²) in [5, 5.41) is 9.15. The molecular formula is C16H15BrN2O3S2. The summed E-state index contributed by atoms with van der Waals surface area (Å²) in [4.78, 5) is 27.9. The number of rotatable bonds is 3. The summed E-state index contributed by atoms with van der Waals surface area (Å²) in [5.41, 5.74) is 2.55. The third-order valence-electron chi connectivity index (χ3n) is 3.89. The van der Waals surface area contributed by atoms with Crippen LogP contribution in [0.5, 0.6) is 0 Å². The number of carbonyl (C=O) groups excluding carboxylic acids is 1. The normalized spacial score (nSPS) is 20.3. The number of thiocarbonyl (C=S) groups is 1. The van der Waals surface area contributed by atoms with Gasteiger partial charge in [0.05, 0.1) is 4.91 Å². The first-order chi connectivity index (χ1) is 11.3. The number of carboxylic acid groups (broad SMARTS) is 1. The van der Waals surface area contributed by atoms with E-state index in [4.69, 9.17) is 17.3 Å². The standard InChI is InChI=1S/C16H15BrN2O3S2/c1-8(2)19-15(22)14(24-16(19)23)11-6-18(7-13(20)21)12-4-3-9(17)5-10(11)12/h3-5,8H,6-7H2,1-2H3,(H,20,21)/b14-11+. The SMILES string of the molecule is CC(C)N1C(=O)/C(=C2/CN(CC(=O)O)c3ccc(Br)cc32)SC1=S. The molecule has 1 fully saturated rings. The summed E-state index contributed by atoms with van der Waals surface area (Å²) < 4.78 is 1.43. The van der Waals surface area contributed by atoms with Crippen LogP contribution < -0.4 is 4.90 Å². The Kier molecular flexibility index (Phi) is 4.72. The van der Waals surface area contributed by atoms with Crippen molar-refractivity contribution in [3.05, 3.63) is 33.1 Å². The van der Waals surface area contributed by atoms with Gasteiger partial charge in [0.2, 0.25) is 0 Å². The molecule has 0 aliphatic carbocycles. The van der Waals surface area contributed by atoms with Crippen molar-refractivity contribution < 1.29 is 14.7 Å². The van der Waals surface area contributed by atoms with E-state index < -0.39 is 5.97 Å². The number of hydrogen-bond acceptors (Lipinski definition) is 5. The predicted molar refractivity (Wildman–Crippen MR) is 103 cm³/mol. The molecule has 2 aliphatic rings. The van der Waals surface area contributed by atoms with Gasteiger partial charge >= 0.3 is 5.97 Å². The van der Waals surface area contributed by atoms with Gasteiger partial charge in [0.15, 0.2) is 0 Å². The van der Waals surface area contributed by atoms with Crippen LogP contribution in [0.1, 0.15) is 19.4 Å². The maximum atomic E-state index is 12.8. The van der Waals surface area contributed by atoms with Gasteiger partial charge in [-0.3, -0.25) is 14.5 Å². The second-order valence-corrected chi connectivity index (χ2v) is 8.42. The first kappa shape index (κ1) is 17.4. The maximum Gasteiger partial charge on any atom is 0.323 e. The van der Waals surface area contributed by atoms with E-state index in [1.165, 1.54) is 11.8 Å². The second kappa shape index (κ2) is 6.50. The summed E-state index contributed by atoms with van der Waals surface area (Å²) in [6.07, 6.45) is 0. The Morgan fingerprint density at radius 2 is 2.17 bits per heavy atom. The van der Waals surface area contributed by atoms with E-state index in [9.17, 15) is 9.59 Å². The molecule has 1 saturated heterocycles. The topological polar surface area (TPSA) is 60.9 Å². The number of carboxylic acids is 1. The van der Waals surface area contributed by atoms with Crippen LogP contribution in [0, 0.1) is 0 Å².